The van der Waals surface area contributed by atoms with Crippen LogP contribution in [0.2, 0.25) is 0 Å². The number of hydrogen-bond acceptors (Lipinski definition) is 8. The van der Waals surface area contributed by atoms with Crippen molar-refractivity contribution >= 4 is 22.9 Å². The summed E-state index contributed by atoms with van der Waals surface area (Å²) in [7, 11) is 0. The second-order valence-corrected chi connectivity index (χ2v) is 9.08. The normalized spacial score (nSPS) is 18.7. The maximum atomic E-state index is 12.6. The van der Waals surface area contributed by atoms with Crippen LogP contribution in [0.1, 0.15) is 83.1 Å². The second kappa shape index (κ2) is 11.3. The fourth-order valence-corrected chi connectivity index (χ4v) is 4.59. The van der Waals surface area contributed by atoms with E-state index in [9.17, 15) is 14.4 Å². The van der Waals surface area contributed by atoms with Gasteiger partial charge in [0, 0.05) is 12.1 Å². The molecule has 2 aromatic rings. The standard InChI is InChI=1S/C24H32N4O6/c1-2-3-4-7-15-14-19(29)33-22-20(15)21(30)26-23(27-22)34-28-17-12-10-16(11-13-17)25-24(31)32-18-8-5-6-9-18/h14,16,18H,2-13H2,1H3,(H,25,31)(H,26,27,30). The SMILES string of the molecule is CCCCCc1cc(=O)oc2nc(ON=C3CCC(NC(=O)OC4CCCC4)CC3)[nH]c(=O)c12. The number of hydrogen-bond donors (Lipinski definition) is 2. The first-order valence-corrected chi connectivity index (χ1v) is 12.3. The van der Waals surface area contributed by atoms with E-state index in [2.05, 4.69) is 27.4 Å². The van der Waals surface area contributed by atoms with Crippen LogP contribution in [0.4, 0.5) is 4.79 Å². The number of alkyl carbamates (subject to hydrolysis) is 1. The van der Waals surface area contributed by atoms with Crippen LogP contribution in [-0.2, 0) is 11.2 Å². The van der Waals surface area contributed by atoms with Gasteiger partial charge in [0.05, 0.1) is 5.71 Å². The Morgan fingerprint density at radius 2 is 1.97 bits per heavy atom. The van der Waals surface area contributed by atoms with Gasteiger partial charge in [-0.1, -0.05) is 24.9 Å². The highest BCUT2D eigenvalue weighted by atomic mass is 16.6. The van der Waals surface area contributed by atoms with Crippen LogP contribution in [0.5, 0.6) is 6.01 Å². The van der Waals surface area contributed by atoms with E-state index in [0.29, 0.717) is 24.8 Å². The lowest BCUT2D eigenvalue weighted by atomic mass is 9.94. The lowest BCUT2D eigenvalue weighted by Gasteiger charge is -2.24. The Kier molecular flexibility index (Phi) is 7.97. The quantitative estimate of drug-likeness (QED) is 0.438. The van der Waals surface area contributed by atoms with Crippen molar-refractivity contribution in [3.8, 4) is 6.01 Å². The third-order valence-corrected chi connectivity index (χ3v) is 6.45. The van der Waals surface area contributed by atoms with Gasteiger partial charge < -0.3 is 19.3 Å². The molecule has 0 aromatic carbocycles. The highest BCUT2D eigenvalue weighted by Crippen LogP contribution is 2.22. The summed E-state index contributed by atoms with van der Waals surface area (Å²) in [6.45, 7) is 2.09. The summed E-state index contributed by atoms with van der Waals surface area (Å²) >= 11 is 0. The van der Waals surface area contributed by atoms with E-state index in [1.807, 2.05) is 0 Å². The van der Waals surface area contributed by atoms with Gasteiger partial charge in [0.25, 0.3) is 5.56 Å². The minimum atomic E-state index is -0.549. The summed E-state index contributed by atoms with van der Waals surface area (Å²) in [5.41, 5.74) is 0.408. The molecule has 1 amide bonds. The molecule has 2 saturated carbocycles. The highest BCUT2D eigenvalue weighted by Gasteiger charge is 2.24. The molecule has 10 nitrogen and oxygen atoms in total. The number of oxime groups is 1. The topological polar surface area (TPSA) is 136 Å². The number of aromatic amines is 1. The van der Waals surface area contributed by atoms with Gasteiger partial charge in [0.2, 0.25) is 5.71 Å². The van der Waals surface area contributed by atoms with E-state index in [4.69, 9.17) is 14.0 Å². The summed E-state index contributed by atoms with van der Waals surface area (Å²) < 4.78 is 10.6. The van der Waals surface area contributed by atoms with E-state index in [0.717, 1.165) is 63.5 Å². The van der Waals surface area contributed by atoms with E-state index < -0.39 is 11.2 Å². The average molecular weight is 473 g/mol. The molecular weight excluding hydrogens is 440 g/mol. The van der Waals surface area contributed by atoms with E-state index in [1.54, 1.807) is 0 Å². The third kappa shape index (κ3) is 6.24. The zero-order valence-electron chi connectivity index (χ0n) is 19.6. The first-order chi connectivity index (χ1) is 16.5. The minimum absolute atomic E-state index is 0.0341. The molecule has 0 atom stereocenters. The third-order valence-electron chi connectivity index (χ3n) is 6.45. The van der Waals surface area contributed by atoms with Crippen LogP contribution >= 0.6 is 0 Å². The van der Waals surface area contributed by atoms with Crippen LogP contribution in [-0.4, -0.2) is 33.9 Å². The van der Waals surface area contributed by atoms with Gasteiger partial charge >= 0.3 is 17.7 Å². The molecule has 0 spiro atoms. The number of nitrogens with one attached hydrogen (secondary N) is 2. The number of fused-ring (bicyclic) bond motifs is 1. The average Bonchev–Trinajstić information content (AvgIpc) is 3.31. The Labute approximate surface area is 197 Å². The number of amides is 1. The van der Waals surface area contributed by atoms with Gasteiger partial charge in [0.1, 0.15) is 11.5 Å². The molecule has 0 bridgehead atoms. The zero-order valence-corrected chi connectivity index (χ0v) is 19.6. The Hall–Kier alpha value is -3.17. The predicted molar refractivity (Wildman–Crippen MR) is 126 cm³/mol. The Bertz CT molecular complexity index is 1140. The second-order valence-electron chi connectivity index (χ2n) is 9.08. The zero-order chi connectivity index (χ0) is 23.9. The monoisotopic (exact) mass is 472 g/mol. The van der Waals surface area contributed by atoms with E-state index in [-0.39, 0.29) is 35.3 Å². The van der Waals surface area contributed by atoms with Gasteiger partial charge in [-0.3, -0.25) is 9.78 Å². The van der Waals surface area contributed by atoms with Gasteiger partial charge in [-0.05, 0) is 69.8 Å². The summed E-state index contributed by atoms with van der Waals surface area (Å²) in [4.78, 5) is 48.7. The van der Waals surface area contributed by atoms with Crippen molar-refractivity contribution in [3.05, 3.63) is 32.4 Å². The minimum Gasteiger partial charge on any atom is -0.446 e. The number of rotatable bonds is 8. The van der Waals surface area contributed by atoms with Crippen molar-refractivity contribution in [3.63, 3.8) is 0 Å². The molecule has 2 aliphatic rings. The fraction of sp³-hybridized carbons (Fsp3) is 0.625. The molecule has 2 heterocycles. The molecule has 2 aliphatic carbocycles. The summed E-state index contributed by atoms with van der Waals surface area (Å²) in [5, 5.41) is 7.33. The summed E-state index contributed by atoms with van der Waals surface area (Å²) in [6, 6.07) is 1.26. The van der Waals surface area contributed by atoms with Gasteiger partial charge in [-0.15, -0.1) is 0 Å². The Morgan fingerprint density at radius 3 is 2.71 bits per heavy atom. The maximum Gasteiger partial charge on any atom is 0.407 e. The first kappa shape index (κ1) is 24.0. The number of H-pyrrole nitrogens is 1. The molecule has 34 heavy (non-hydrogen) atoms. The highest BCUT2D eigenvalue weighted by molar-refractivity contribution is 5.85. The largest absolute Gasteiger partial charge is 0.446 e. The molecule has 0 radical (unpaired) electrons. The lowest BCUT2D eigenvalue weighted by molar-refractivity contribution is 0.0969. The van der Waals surface area contributed by atoms with Crippen molar-refractivity contribution in [2.75, 3.05) is 0 Å². The molecule has 184 valence electrons. The molecular formula is C24H32N4O6. The van der Waals surface area contributed by atoms with E-state index >= 15 is 0 Å². The molecule has 0 aliphatic heterocycles. The first-order valence-electron chi connectivity index (χ1n) is 12.3. The van der Waals surface area contributed by atoms with E-state index in [1.165, 1.54) is 6.07 Å². The van der Waals surface area contributed by atoms with Crippen molar-refractivity contribution in [2.24, 2.45) is 5.16 Å². The number of carbonyl (C=O) groups excluding carboxylic acids is 1. The number of aryl methyl sites for hydroxylation is 1. The van der Waals surface area contributed by atoms with Crippen LogP contribution < -0.4 is 21.3 Å². The molecule has 2 N–H and O–H groups in total. The number of ether oxygens (including phenoxy) is 1. The molecule has 0 saturated heterocycles. The lowest BCUT2D eigenvalue weighted by Crippen LogP contribution is -2.39. The van der Waals surface area contributed by atoms with Crippen molar-refractivity contribution in [2.45, 2.75) is 96.1 Å². The van der Waals surface area contributed by atoms with Crippen LogP contribution in [0.3, 0.4) is 0 Å². The number of aromatic nitrogens is 2. The van der Waals surface area contributed by atoms with Gasteiger partial charge in [-0.25, -0.2) is 9.59 Å². The fourth-order valence-electron chi connectivity index (χ4n) is 4.59. The maximum absolute atomic E-state index is 12.6. The molecule has 0 unspecified atom stereocenters. The van der Waals surface area contributed by atoms with Crippen LogP contribution in [0, 0.1) is 0 Å². The molecule has 2 aromatic heterocycles. The smallest absolute Gasteiger partial charge is 0.407 e. The van der Waals surface area contributed by atoms with Crippen LogP contribution in [0.15, 0.2) is 25.2 Å². The van der Waals surface area contributed by atoms with Gasteiger partial charge in [0.15, 0.2) is 0 Å². The van der Waals surface area contributed by atoms with Gasteiger partial charge in [-0.2, -0.15) is 4.98 Å². The number of nitrogens with zero attached hydrogens (tertiary/aromatic N) is 2. The summed E-state index contributed by atoms with van der Waals surface area (Å²) in [5.74, 6) is 0. The number of carbonyl (C=O) groups is 1. The number of unbranched alkanes of at least 4 members (excludes halogenated alkanes) is 2. The summed E-state index contributed by atoms with van der Waals surface area (Å²) in [6.07, 6.45) is 10.1. The molecule has 10 heteroatoms. The molecule has 4 rings (SSSR count). The van der Waals surface area contributed by atoms with Crippen LogP contribution in [0.25, 0.3) is 11.1 Å². The van der Waals surface area contributed by atoms with Crippen molar-refractivity contribution in [1.29, 1.82) is 0 Å². The molecule has 2 fully saturated rings. The predicted octanol–water partition coefficient (Wildman–Crippen LogP) is 3.96. The van der Waals surface area contributed by atoms with Crippen molar-refractivity contribution in [1.82, 2.24) is 15.3 Å². The Balaban J connectivity index is 1.35. The van der Waals surface area contributed by atoms with Crippen molar-refractivity contribution < 1.29 is 18.8 Å². The Morgan fingerprint density at radius 1 is 1.21 bits per heavy atom.